The number of anilines is 2. The molecule has 0 saturated carbocycles. The number of amides is 1. The van der Waals surface area contributed by atoms with Gasteiger partial charge >= 0.3 is 0 Å². The highest BCUT2D eigenvalue weighted by atomic mass is 35.5. The van der Waals surface area contributed by atoms with Crippen LogP contribution in [0.4, 0.5) is 11.4 Å². The molecule has 0 aromatic heterocycles. The zero-order valence-corrected chi connectivity index (χ0v) is 13.6. The lowest BCUT2D eigenvalue weighted by molar-refractivity contribution is -0.114. The number of rotatable bonds is 4. The largest absolute Gasteiger partial charge is 0.326 e. The van der Waals surface area contributed by atoms with Crippen molar-refractivity contribution < 1.29 is 13.2 Å². The van der Waals surface area contributed by atoms with Crippen LogP contribution in [0.15, 0.2) is 53.4 Å². The summed E-state index contributed by atoms with van der Waals surface area (Å²) in [4.78, 5) is 11.1. The van der Waals surface area contributed by atoms with Gasteiger partial charge in [0.05, 0.1) is 10.6 Å². The lowest BCUT2D eigenvalue weighted by Gasteiger charge is -2.20. The molecule has 5 nitrogen and oxygen atoms in total. The minimum Gasteiger partial charge on any atom is -0.326 e. The molecule has 0 saturated heterocycles. The summed E-state index contributed by atoms with van der Waals surface area (Å²) in [6.07, 6.45) is 0. The van der Waals surface area contributed by atoms with E-state index in [0.717, 1.165) is 0 Å². The van der Waals surface area contributed by atoms with Crippen LogP contribution < -0.4 is 9.62 Å². The Morgan fingerprint density at radius 1 is 1.05 bits per heavy atom. The first-order valence-corrected chi connectivity index (χ1v) is 8.24. The molecule has 0 radical (unpaired) electrons. The van der Waals surface area contributed by atoms with Crippen molar-refractivity contribution >= 4 is 38.9 Å². The Balaban J connectivity index is 2.28. The maximum absolute atomic E-state index is 12.5. The second-order valence-electron chi connectivity index (χ2n) is 4.65. The minimum absolute atomic E-state index is 0.158. The lowest BCUT2D eigenvalue weighted by Crippen LogP contribution is -2.26. The van der Waals surface area contributed by atoms with E-state index in [4.69, 9.17) is 11.6 Å². The molecule has 0 bridgehead atoms. The Kier molecular flexibility index (Phi) is 4.73. The van der Waals surface area contributed by atoms with E-state index in [1.165, 1.54) is 42.5 Å². The molecule has 0 heterocycles. The zero-order valence-electron chi connectivity index (χ0n) is 12.1. The first-order chi connectivity index (χ1) is 10.3. The number of carbonyl (C=O) groups excluding carboxylic acids is 1. The Bertz CT molecular complexity index is 771. The van der Waals surface area contributed by atoms with E-state index in [1.807, 2.05) is 0 Å². The molecule has 2 rings (SSSR count). The maximum atomic E-state index is 12.5. The van der Waals surface area contributed by atoms with Crippen molar-refractivity contribution in [2.24, 2.45) is 0 Å². The van der Waals surface area contributed by atoms with Crippen LogP contribution in [-0.4, -0.2) is 21.4 Å². The Morgan fingerprint density at radius 3 is 2.09 bits per heavy atom. The molecule has 7 heteroatoms. The van der Waals surface area contributed by atoms with E-state index in [-0.39, 0.29) is 10.8 Å². The average molecular weight is 339 g/mol. The molecule has 22 heavy (non-hydrogen) atoms. The molecule has 2 aromatic rings. The number of hydrogen-bond donors (Lipinski definition) is 1. The highest BCUT2D eigenvalue weighted by Crippen LogP contribution is 2.24. The van der Waals surface area contributed by atoms with E-state index in [0.29, 0.717) is 16.4 Å². The smallest absolute Gasteiger partial charge is 0.264 e. The van der Waals surface area contributed by atoms with Gasteiger partial charge in [0.2, 0.25) is 5.91 Å². The van der Waals surface area contributed by atoms with Crippen LogP contribution in [0.1, 0.15) is 6.92 Å². The van der Waals surface area contributed by atoms with Crippen LogP contribution in [0.5, 0.6) is 0 Å². The first-order valence-electron chi connectivity index (χ1n) is 6.43. The van der Waals surface area contributed by atoms with Gasteiger partial charge in [-0.1, -0.05) is 11.6 Å². The Hall–Kier alpha value is -2.05. The monoisotopic (exact) mass is 338 g/mol. The van der Waals surface area contributed by atoms with Crippen LogP contribution in [0, 0.1) is 0 Å². The van der Waals surface area contributed by atoms with Gasteiger partial charge in [-0.25, -0.2) is 8.42 Å². The van der Waals surface area contributed by atoms with Gasteiger partial charge in [0.25, 0.3) is 10.0 Å². The summed E-state index contributed by atoms with van der Waals surface area (Å²) in [6, 6.07) is 12.5. The van der Waals surface area contributed by atoms with Crippen molar-refractivity contribution in [1.82, 2.24) is 0 Å². The van der Waals surface area contributed by atoms with Crippen molar-refractivity contribution in [3.05, 3.63) is 53.6 Å². The predicted molar refractivity (Wildman–Crippen MR) is 87.8 cm³/mol. The number of carbonyl (C=O) groups is 1. The fraction of sp³-hybridized carbons (Fsp3) is 0.133. The Morgan fingerprint density at radius 2 is 1.59 bits per heavy atom. The molecule has 0 atom stereocenters. The van der Waals surface area contributed by atoms with Crippen molar-refractivity contribution in [1.29, 1.82) is 0 Å². The van der Waals surface area contributed by atoms with Gasteiger partial charge in [0, 0.05) is 24.7 Å². The van der Waals surface area contributed by atoms with Crippen LogP contribution >= 0.6 is 11.6 Å². The van der Waals surface area contributed by atoms with Crippen molar-refractivity contribution in [3.8, 4) is 0 Å². The standard InChI is InChI=1S/C15H15ClN2O3S/c1-11(19)17-13-5-7-14(8-6-13)18(2)22(20,21)15-9-3-12(16)4-10-15/h3-10H,1-2H3,(H,17,19). The van der Waals surface area contributed by atoms with Gasteiger partial charge < -0.3 is 5.32 Å². The molecule has 116 valence electrons. The number of halogens is 1. The molecule has 0 aliphatic carbocycles. The van der Waals surface area contributed by atoms with Gasteiger partial charge in [-0.2, -0.15) is 0 Å². The van der Waals surface area contributed by atoms with Crippen LogP contribution in [0.2, 0.25) is 5.02 Å². The van der Waals surface area contributed by atoms with Gasteiger partial charge in [-0.15, -0.1) is 0 Å². The number of sulfonamides is 1. The molecule has 1 N–H and O–H groups in total. The molecule has 0 aliphatic rings. The van der Waals surface area contributed by atoms with Crippen molar-refractivity contribution in [3.63, 3.8) is 0 Å². The third-order valence-corrected chi connectivity index (χ3v) is 5.08. The second-order valence-corrected chi connectivity index (χ2v) is 7.06. The van der Waals surface area contributed by atoms with Crippen LogP contribution in [-0.2, 0) is 14.8 Å². The van der Waals surface area contributed by atoms with Crippen LogP contribution in [0.25, 0.3) is 0 Å². The highest BCUT2D eigenvalue weighted by Gasteiger charge is 2.21. The van der Waals surface area contributed by atoms with E-state index in [1.54, 1.807) is 24.3 Å². The summed E-state index contributed by atoms with van der Waals surface area (Å²) in [6.45, 7) is 1.41. The molecular formula is C15H15ClN2O3S. The summed E-state index contributed by atoms with van der Waals surface area (Å²) in [7, 11) is -2.19. The number of benzene rings is 2. The SMILES string of the molecule is CC(=O)Nc1ccc(N(C)S(=O)(=O)c2ccc(Cl)cc2)cc1. The fourth-order valence-corrected chi connectivity index (χ4v) is 3.18. The summed E-state index contributed by atoms with van der Waals surface area (Å²) in [5.41, 5.74) is 1.09. The quantitative estimate of drug-likeness (QED) is 0.931. The molecule has 0 fully saturated rings. The summed E-state index contributed by atoms with van der Waals surface area (Å²) in [5.74, 6) is -0.185. The third kappa shape index (κ3) is 3.58. The third-order valence-electron chi connectivity index (χ3n) is 3.02. The second kappa shape index (κ2) is 6.37. The average Bonchev–Trinajstić information content (AvgIpc) is 2.47. The zero-order chi connectivity index (χ0) is 16.3. The van der Waals surface area contributed by atoms with E-state index >= 15 is 0 Å². The number of nitrogens with one attached hydrogen (secondary N) is 1. The van der Waals surface area contributed by atoms with Gasteiger partial charge in [0.1, 0.15) is 0 Å². The molecule has 0 spiro atoms. The molecule has 0 unspecified atom stereocenters. The van der Waals surface area contributed by atoms with E-state index in [2.05, 4.69) is 5.32 Å². The maximum Gasteiger partial charge on any atom is 0.264 e. The molecule has 2 aromatic carbocycles. The summed E-state index contributed by atoms with van der Waals surface area (Å²) in [5, 5.41) is 3.10. The van der Waals surface area contributed by atoms with Gasteiger partial charge in [0.15, 0.2) is 0 Å². The fourth-order valence-electron chi connectivity index (χ4n) is 1.86. The summed E-state index contributed by atoms with van der Waals surface area (Å²) >= 11 is 5.77. The highest BCUT2D eigenvalue weighted by molar-refractivity contribution is 7.92. The topological polar surface area (TPSA) is 66.5 Å². The molecular weight excluding hydrogens is 324 g/mol. The van der Waals surface area contributed by atoms with Crippen molar-refractivity contribution in [2.45, 2.75) is 11.8 Å². The van der Waals surface area contributed by atoms with Gasteiger partial charge in [-0.05, 0) is 48.5 Å². The predicted octanol–water partition coefficient (Wildman–Crippen LogP) is 3.12. The van der Waals surface area contributed by atoms with Crippen molar-refractivity contribution in [2.75, 3.05) is 16.7 Å². The molecule has 0 aliphatic heterocycles. The normalized spacial score (nSPS) is 11.0. The summed E-state index contributed by atoms with van der Waals surface area (Å²) < 4.78 is 26.2. The van der Waals surface area contributed by atoms with E-state index in [9.17, 15) is 13.2 Å². The van der Waals surface area contributed by atoms with Gasteiger partial charge in [-0.3, -0.25) is 9.10 Å². The minimum atomic E-state index is -3.66. The first kappa shape index (κ1) is 16.3. The number of hydrogen-bond acceptors (Lipinski definition) is 3. The van der Waals surface area contributed by atoms with E-state index < -0.39 is 10.0 Å². The molecule has 1 amide bonds. The Labute approximate surface area is 134 Å². The van der Waals surface area contributed by atoms with Crippen LogP contribution in [0.3, 0.4) is 0 Å². The lowest BCUT2D eigenvalue weighted by atomic mass is 10.3. The number of nitrogens with zero attached hydrogens (tertiary/aromatic N) is 1.